The summed E-state index contributed by atoms with van der Waals surface area (Å²) in [7, 11) is 1.36. The number of anilines is 1. The molecule has 0 spiro atoms. The summed E-state index contributed by atoms with van der Waals surface area (Å²) >= 11 is 0. The highest BCUT2D eigenvalue weighted by atomic mass is 16.6. The van der Waals surface area contributed by atoms with Gasteiger partial charge in [0.25, 0.3) is 0 Å². The minimum Gasteiger partial charge on any atom is -0.488 e. The van der Waals surface area contributed by atoms with Crippen molar-refractivity contribution in [2.24, 2.45) is 0 Å². The maximum Gasteiger partial charge on any atom is 0.410 e. The number of ether oxygens (including phenoxy) is 3. The second kappa shape index (κ2) is 11.7. The lowest BCUT2D eigenvalue weighted by atomic mass is 9.96. The van der Waals surface area contributed by atoms with Crippen molar-refractivity contribution >= 4 is 17.9 Å². The first kappa shape index (κ1) is 27.9. The third-order valence-electron chi connectivity index (χ3n) is 6.37. The summed E-state index contributed by atoms with van der Waals surface area (Å²) in [6, 6.07) is 16.5. The van der Waals surface area contributed by atoms with Crippen LogP contribution in [0.2, 0.25) is 0 Å². The van der Waals surface area contributed by atoms with E-state index in [2.05, 4.69) is 11.1 Å². The van der Waals surface area contributed by atoms with Crippen LogP contribution in [0.1, 0.15) is 54.8 Å². The SMILES string of the molecule is COC(=O)c1cccc(-c2ccc3c(c2)CC[C@H](CN(C[C@H](O)c2ccc(N)nc2)C(=O)OC(C)(C)C)O3)c1. The van der Waals surface area contributed by atoms with Gasteiger partial charge < -0.3 is 30.0 Å². The highest BCUT2D eigenvalue weighted by molar-refractivity contribution is 5.91. The fourth-order valence-electron chi connectivity index (χ4n) is 4.42. The lowest BCUT2D eigenvalue weighted by molar-refractivity contribution is 0.00365. The Morgan fingerprint density at radius 2 is 1.92 bits per heavy atom. The van der Waals surface area contributed by atoms with Crippen molar-refractivity contribution in [3.05, 3.63) is 77.5 Å². The van der Waals surface area contributed by atoms with E-state index in [1.165, 1.54) is 18.2 Å². The molecule has 3 N–H and O–H groups in total. The third kappa shape index (κ3) is 7.26. The van der Waals surface area contributed by atoms with Crippen molar-refractivity contribution < 1.29 is 28.9 Å². The van der Waals surface area contributed by atoms with E-state index in [0.717, 1.165) is 28.9 Å². The number of aliphatic hydroxyl groups excluding tert-OH is 1. The molecule has 1 amide bonds. The zero-order valence-corrected chi connectivity index (χ0v) is 22.7. The molecule has 0 saturated heterocycles. The molecule has 206 valence electrons. The van der Waals surface area contributed by atoms with E-state index in [0.29, 0.717) is 23.4 Å². The van der Waals surface area contributed by atoms with Gasteiger partial charge in [0.15, 0.2) is 0 Å². The maximum atomic E-state index is 13.1. The molecule has 0 aliphatic carbocycles. The van der Waals surface area contributed by atoms with Crippen LogP contribution < -0.4 is 10.5 Å². The number of nitrogens with zero attached hydrogens (tertiary/aromatic N) is 2. The Balaban J connectivity index is 1.48. The van der Waals surface area contributed by atoms with Crippen molar-refractivity contribution in [1.82, 2.24) is 9.88 Å². The molecule has 2 aromatic carbocycles. The fraction of sp³-hybridized carbons (Fsp3) is 0.367. The van der Waals surface area contributed by atoms with Crippen molar-refractivity contribution in [3.63, 3.8) is 0 Å². The number of hydrogen-bond acceptors (Lipinski definition) is 8. The molecule has 0 radical (unpaired) electrons. The second-order valence-electron chi connectivity index (χ2n) is 10.6. The van der Waals surface area contributed by atoms with Crippen molar-refractivity contribution in [1.29, 1.82) is 0 Å². The number of esters is 1. The van der Waals surface area contributed by atoms with Crippen LogP contribution in [0, 0.1) is 0 Å². The van der Waals surface area contributed by atoms with Gasteiger partial charge in [-0.05, 0) is 80.6 Å². The Labute approximate surface area is 228 Å². The van der Waals surface area contributed by atoms with E-state index in [9.17, 15) is 14.7 Å². The largest absolute Gasteiger partial charge is 0.488 e. The Morgan fingerprint density at radius 1 is 1.15 bits per heavy atom. The molecule has 1 aliphatic rings. The summed E-state index contributed by atoms with van der Waals surface area (Å²) in [4.78, 5) is 30.5. The third-order valence-corrected chi connectivity index (χ3v) is 6.37. The van der Waals surface area contributed by atoms with Crippen LogP contribution >= 0.6 is 0 Å². The Bertz CT molecular complexity index is 1320. The van der Waals surface area contributed by atoms with Crippen molar-refractivity contribution in [3.8, 4) is 16.9 Å². The number of aromatic nitrogens is 1. The second-order valence-corrected chi connectivity index (χ2v) is 10.6. The van der Waals surface area contributed by atoms with Gasteiger partial charge in [-0.1, -0.05) is 24.3 Å². The number of nitrogen functional groups attached to an aromatic ring is 1. The molecule has 0 bridgehead atoms. The number of amides is 1. The van der Waals surface area contributed by atoms with Gasteiger partial charge in [-0.2, -0.15) is 0 Å². The van der Waals surface area contributed by atoms with E-state index < -0.39 is 17.8 Å². The number of methoxy groups -OCH3 is 1. The van der Waals surface area contributed by atoms with Gasteiger partial charge in [-0.15, -0.1) is 0 Å². The minimum atomic E-state index is -0.968. The maximum absolute atomic E-state index is 13.1. The zero-order valence-electron chi connectivity index (χ0n) is 22.7. The molecule has 2 heterocycles. The molecule has 2 atom stereocenters. The first-order valence-corrected chi connectivity index (χ1v) is 12.9. The Morgan fingerprint density at radius 3 is 2.62 bits per heavy atom. The first-order chi connectivity index (χ1) is 18.5. The van der Waals surface area contributed by atoms with Crippen molar-refractivity contribution in [2.45, 2.75) is 51.4 Å². The smallest absolute Gasteiger partial charge is 0.410 e. The predicted molar refractivity (Wildman–Crippen MR) is 147 cm³/mol. The highest BCUT2D eigenvalue weighted by Crippen LogP contribution is 2.33. The van der Waals surface area contributed by atoms with Crippen LogP contribution in [0.3, 0.4) is 0 Å². The summed E-state index contributed by atoms with van der Waals surface area (Å²) in [5, 5.41) is 10.8. The van der Waals surface area contributed by atoms with Crippen LogP contribution in [-0.2, 0) is 15.9 Å². The van der Waals surface area contributed by atoms with Gasteiger partial charge >= 0.3 is 12.1 Å². The summed E-state index contributed by atoms with van der Waals surface area (Å²) in [5.74, 6) is 0.711. The number of hydrogen-bond donors (Lipinski definition) is 2. The molecule has 1 aromatic heterocycles. The molecule has 9 heteroatoms. The highest BCUT2D eigenvalue weighted by Gasteiger charge is 2.30. The Kier molecular flexibility index (Phi) is 8.40. The number of aryl methyl sites for hydroxylation is 1. The lowest BCUT2D eigenvalue weighted by Gasteiger charge is -2.33. The standard InChI is InChI=1S/C30H35N3O6/c1-30(2,3)39-29(36)33(18-25(34)23-10-13-27(31)32-16-23)17-24-11-8-21-14-20(9-12-26(21)38-24)19-6-5-7-22(15-19)28(35)37-4/h5-7,9-10,12-16,24-25,34H,8,11,17-18H2,1-4H3,(H2,31,32)/t24-,25+/m1/s1. The molecule has 0 saturated carbocycles. The van der Waals surface area contributed by atoms with E-state index in [-0.39, 0.29) is 25.2 Å². The normalized spacial score (nSPS) is 15.5. The number of carbonyl (C=O) groups is 2. The molecule has 9 nitrogen and oxygen atoms in total. The average molecular weight is 534 g/mol. The number of fused-ring (bicyclic) bond motifs is 1. The minimum absolute atomic E-state index is 0.0166. The van der Waals surface area contributed by atoms with Gasteiger partial charge in [-0.25, -0.2) is 14.6 Å². The quantitative estimate of drug-likeness (QED) is 0.416. The lowest BCUT2D eigenvalue weighted by Crippen LogP contribution is -2.45. The van der Waals surface area contributed by atoms with Crippen LogP contribution in [0.5, 0.6) is 5.75 Å². The molecule has 39 heavy (non-hydrogen) atoms. The number of rotatable bonds is 7. The molecule has 0 fully saturated rings. The Hall–Kier alpha value is -4.11. The molecule has 0 unspecified atom stereocenters. The molecule has 4 rings (SSSR count). The average Bonchev–Trinajstić information content (AvgIpc) is 2.91. The summed E-state index contributed by atoms with van der Waals surface area (Å²) in [6.45, 7) is 5.67. The summed E-state index contributed by atoms with van der Waals surface area (Å²) in [5.41, 5.74) is 8.94. The topological polar surface area (TPSA) is 124 Å². The molecular weight excluding hydrogens is 498 g/mol. The zero-order chi connectivity index (χ0) is 28.2. The fourth-order valence-corrected chi connectivity index (χ4v) is 4.42. The molecule has 3 aromatic rings. The van der Waals surface area contributed by atoms with Crippen LogP contribution in [0.25, 0.3) is 11.1 Å². The molecular formula is C30H35N3O6. The van der Waals surface area contributed by atoms with Crippen LogP contribution in [0.4, 0.5) is 10.6 Å². The van der Waals surface area contributed by atoms with Gasteiger partial charge in [-0.3, -0.25) is 0 Å². The van der Waals surface area contributed by atoms with Gasteiger partial charge in [0.1, 0.15) is 23.3 Å². The first-order valence-electron chi connectivity index (χ1n) is 12.9. The van der Waals surface area contributed by atoms with E-state index >= 15 is 0 Å². The van der Waals surface area contributed by atoms with Crippen LogP contribution in [-0.4, -0.2) is 59.0 Å². The number of aliphatic hydroxyl groups is 1. The van der Waals surface area contributed by atoms with E-state index in [1.807, 2.05) is 24.3 Å². The van der Waals surface area contributed by atoms with Gasteiger partial charge in [0.2, 0.25) is 0 Å². The number of nitrogens with two attached hydrogens (primary N) is 1. The van der Waals surface area contributed by atoms with E-state index in [1.54, 1.807) is 45.0 Å². The number of carbonyl (C=O) groups excluding carboxylic acids is 2. The van der Waals surface area contributed by atoms with Gasteiger partial charge in [0, 0.05) is 11.8 Å². The summed E-state index contributed by atoms with van der Waals surface area (Å²) in [6.07, 6.45) is 1.15. The monoisotopic (exact) mass is 533 g/mol. The van der Waals surface area contributed by atoms with Crippen molar-refractivity contribution in [2.75, 3.05) is 25.9 Å². The van der Waals surface area contributed by atoms with Crippen LogP contribution in [0.15, 0.2) is 60.8 Å². The molecule has 1 aliphatic heterocycles. The summed E-state index contributed by atoms with van der Waals surface area (Å²) < 4.78 is 16.7. The number of benzene rings is 2. The predicted octanol–water partition coefficient (Wildman–Crippen LogP) is 4.78. The number of pyridine rings is 1. The van der Waals surface area contributed by atoms with Gasteiger partial charge in [0.05, 0.1) is 31.9 Å². The van der Waals surface area contributed by atoms with E-state index in [4.69, 9.17) is 19.9 Å².